The lowest BCUT2D eigenvalue weighted by atomic mass is 9.93. The van der Waals surface area contributed by atoms with Gasteiger partial charge in [0.1, 0.15) is 5.54 Å². The van der Waals surface area contributed by atoms with Gasteiger partial charge in [-0.3, -0.25) is 0 Å². The number of carbonyl (C=O) groups is 2. The molecule has 1 heterocycles. The Morgan fingerprint density at radius 2 is 2.11 bits per heavy atom. The second-order valence-corrected chi connectivity index (χ2v) is 5.33. The Morgan fingerprint density at radius 1 is 1.42 bits per heavy atom. The van der Waals surface area contributed by atoms with E-state index < -0.39 is 11.5 Å². The summed E-state index contributed by atoms with van der Waals surface area (Å²) in [6.45, 7) is 3.83. The minimum Gasteiger partial charge on any atom is -0.479 e. The van der Waals surface area contributed by atoms with Crippen molar-refractivity contribution >= 4 is 12.0 Å². The van der Waals surface area contributed by atoms with Gasteiger partial charge in [0.25, 0.3) is 0 Å². The van der Waals surface area contributed by atoms with Gasteiger partial charge in [0.15, 0.2) is 0 Å². The molecule has 0 aromatic heterocycles. The van der Waals surface area contributed by atoms with E-state index in [1.165, 1.54) is 4.90 Å². The van der Waals surface area contributed by atoms with Gasteiger partial charge in [-0.25, -0.2) is 9.59 Å². The largest absolute Gasteiger partial charge is 0.479 e. The molecule has 6 nitrogen and oxygen atoms in total. The fraction of sp³-hybridized carbons (Fsp3) is 0.846. The number of aliphatic carboxylic acids is 1. The molecule has 1 aliphatic rings. The summed E-state index contributed by atoms with van der Waals surface area (Å²) in [5.74, 6) is -0.893. The van der Waals surface area contributed by atoms with E-state index in [4.69, 9.17) is 0 Å². The molecule has 1 fully saturated rings. The van der Waals surface area contributed by atoms with E-state index >= 15 is 0 Å². The molecule has 0 saturated carbocycles. The van der Waals surface area contributed by atoms with Crippen LogP contribution in [0.25, 0.3) is 0 Å². The van der Waals surface area contributed by atoms with Crippen LogP contribution in [-0.2, 0) is 4.79 Å². The average molecular weight is 271 g/mol. The van der Waals surface area contributed by atoms with Crippen molar-refractivity contribution in [1.29, 1.82) is 0 Å². The molecular weight excluding hydrogens is 246 g/mol. The maximum absolute atomic E-state index is 12.1. The standard InChI is InChI=1S/C13H25N3O3/c1-4-13(11(17)18)7-5-10-16(13)12(19)14-8-6-9-15(2)3/h4-10H2,1-3H3,(H,14,19)(H,17,18). The molecule has 1 saturated heterocycles. The van der Waals surface area contributed by atoms with E-state index in [9.17, 15) is 14.7 Å². The Morgan fingerprint density at radius 3 is 2.63 bits per heavy atom. The van der Waals surface area contributed by atoms with Crippen LogP contribution in [-0.4, -0.2) is 66.2 Å². The molecule has 0 aromatic carbocycles. The lowest BCUT2D eigenvalue weighted by molar-refractivity contribution is -0.148. The molecule has 1 rings (SSSR count). The molecule has 2 N–H and O–H groups in total. The number of carboxylic acid groups (broad SMARTS) is 1. The summed E-state index contributed by atoms with van der Waals surface area (Å²) in [5.41, 5.74) is -1.01. The molecule has 0 spiro atoms. The minimum absolute atomic E-state index is 0.250. The molecule has 1 unspecified atom stereocenters. The number of hydrogen-bond donors (Lipinski definition) is 2. The van der Waals surface area contributed by atoms with Crippen LogP contribution in [0, 0.1) is 0 Å². The molecule has 0 aliphatic carbocycles. The quantitative estimate of drug-likeness (QED) is 0.706. The fourth-order valence-corrected chi connectivity index (χ4v) is 2.60. The third kappa shape index (κ3) is 3.59. The highest BCUT2D eigenvalue weighted by molar-refractivity contribution is 5.87. The van der Waals surface area contributed by atoms with Crippen LogP contribution in [0.1, 0.15) is 32.6 Å². The van der Waals surface area contributed by atoms with Crippen molar-refractivity contribution in [2.45, 2.75) is 38.1 Å². The van der Waals surface area contributed by atoms with E-state index in [2.05, 4.69) is 10.2 Å². The Bertz CT molecular complexity index is 333. The van der Waals surface area contributed by atoms with Crippen molar-refractivity contribution in [3.8, 4) is 0 Å². The van der Waals surface area contributed by atoms with Crippen LogP contribution in [0.5, 0.6) is 0 Å². The van der Waals surface area contributed by atoms with Crippen molar-refractivity contribution in [2.75, 3.05) is 33.7 Å². The number of carboxylic acids is 1. The molecule has 0 bridgehead atoms. The number of likely N-dealkylation sites (tertiary alicyclic amines) is 1. The molecule has 0 aromatic rings. The van der Waals surface area contributed by atoms with Gasteiger partial charge in [0, 0.05) is 13.1 Å². The second-order valence-electron chi connectivity index (χ2n) is 5.33. The van der Waals surface area contributed by atoms with Crippen LogP contribution < -0.4 is 5.32 Å². The van der Waals surface area contributed by atoms with Gasteiger partial charge in [-0.05, 0) is 46.3 Å². The summed E-state index contributed by atoms with van der Waals surface area (Å²) < 4.78 is 0. The SMILES string of the molecule is CCC1(C(=O)O)CCCN1C(=O)NCCCN(C)C. The normalized spacial score (nSPS) is 22.8. The Hall–Kier alpha value is -1.30. The van der Waals surface area contributed by atoms with Crippen molar-refractivity contribution < 1.29 is 14.7 Å². The summed E-state index contributed by atoms with van der Waals surface area (Å²) in [6, 6.07) is -0.250. The molecule has 19 heavy (non-hydrogen) atoms. The molecule has 0 radical (unpaired) electrons. The number of amides is 2. The topological polar surface area (TPSA) is 72.9 Å². The van der Waals surface area contributed by atoms with Crippen LogP contribution in [0.4, 0.5) is 4.79 Å². The predicted molar refractivity (Wildman–Crippen MR) is 73.2 cm³/mol. The van der Waals surface area contributed by atoms with Crippen molar-refractivity contribution in [1.82, 2.24) is 15.1 Å². The van der Waals surface area contributed by atoms with E-state index in [0.29, 0.717) is 25.9 Å². The van der Waals surface area contributed by atoms with Crippen LogP contribution in [0.15, 0.2) is 0 Å². The number of rotatable bonds is 6. The van der Waals surface area contributed by atoms with Gasteiger partial charge in [-0.15, -0.1) is 0 Å². The average Bonchev–Trinajstić information content (AvgIpc) is 2.79. The number of hydrogen-bond acceptors (Lipinski definition) is 3. The number of urea groups is 1. The maximum atomic E-state index is 12.1. The van der Waals surface area contributed by atoms with Gasteiger partial charge in [-0.2, -0.15) is 0 Å². The number of nitrogens with zero attached hydrogens (tertiary/aromatic N) is 2. The highest BCUT2D eigenvalue weighted by Gasteiger charge is 2.48. The third-order valence-electron chi connectivity index (χ3n) is 3.78. The monoisotopic (exact) mass is 271 g/mol. The third-order valence-corrected chi connectivity index (χ3v) is 3.78. The number of nitrogens with one attached hydrogen (secondary N) is 1. The summed E-state index contributed by atoms with van der Waals surface area (Å²) >= 11 is 0. The molecule has 2 amide bonds. The van der Waals surface area contributed by atoms with Gasteiger partial charge in [0.05, 0.1) is 0 Å². The highest BCUT2D eigenvalue weighted by Crippen LogP contribution is 2.32. The lowest BCUT2D eigenvalue weighted by Gasteiger charge is -2.33. The first-order chi connectivity index (χ1) is 8.94. The van der Waals surface area contributed by atoms with Crippen LogP contribution in [0.3, 0.4) is 0 Å². The van der Waals surface area contributed by atoms with E-state index in [-0.39, 0.29) is 6.03 Å². The maximum Gasteiger partial charge on any atom is 0.329 e. The molecule has 1 atom stereocenters. The summed E-state index contributed by atoms with van der Waals surface area (Å²) in [5, 5.41) is 12.2. The van der Waals surface area contributed by atoms with E-state index in [1.807, 2.05) is 21.0 Å². The zero-order chi connectivity index (χ0) is 14.5. The lowest BCUT2D eigenvalue weighted by Crippen LogP contribution is -2.55. The van der Waals surface area contributed by atoms with Gasteiger partial charge in [-0.1, -0.05) is 6.92 Å². The van der Waals surface area contributed by atoms with E-state index in [1.54, 1.807) is 0 Å². The second kappa shape index (κ2) is 6.75. The van der Waals surface area contributed by atoms with Crippen molar-refractivity contribution in [3.05, 3.63) is 0 Å². The Kier molecular flexibility index (Phi) is 5.60. The van der Waals surface area contributed by atoms with Crippen molar-refractivity contribution in [2.24, 2.45) is 0 Å². The zero-order valence-corrected chi connectivity index (χ0v) is 12.1. The zero-order valence-electron chi connectivity index (χ0n) is 12.1. The van der Waals surface area contributed by atoms with Crippen molar-refractivity contribution in [3.63, 3.8) is 0 Å². The summed E-state index contributed by atoms with van der Waals surface area (Å²) in [6.07, 6.45) is 2.61. The van der Waals surface area contributed by atoms with E-state index in [0.717, 1.165) is 19.4 Å². The smallest absolute Gasteiger partial charge is 0.329 e. The summed E-state index contributed by atoms with van der Waals surface area (Å²) in [4.78, 5) is 27.1. The first-order valence-electron chi connectivity index (χ1n) is 6.87. The summed E-state index contributed by atoms with van der Waals surface area (Å²) in [7, 11) is 3.96. The van der Waals surface area contributed by atoms with Crippen LogP contribution >= 0.6 is 0 Å². The molecule has 110 valence electrons. The Balaban J connectivity index is 2.53. The van der Waals surface area contributed by atoms with Crippen LogP contribution in [0.2, 0.25) is 0 Å². The Labute approximate surface area is 114 Å². The first-order valence-corrected chi connectivity index (χ1v) is 6.87. The molecule has 6 heteroatoms. The van der Waals surface area contributed by atoms with Gasteiger partial charge in [0.2, 0.25) is 0 Å². The molecule has 1 aliphatic heterocycles. The van der Waals surface area contributed by atoms with Gasteiger partial charge >= 0.3 is 12.0 Å². The minimum atomic E-state index is -1.01. The van der Waals surface area contributed by atoms with Gasteiger partial charge < -0.3 is 20.2 Å². The molecular formula is C13H25N3O3. The predicted octanol–water partition coefficient (Wildman–Crippen LogP) is 0.977. The first kappa shape index (κ1) is 15.8. The fourth-order valence-electron chi connectivity index (χ4n) is 2.60. The number of carbonyl (C=O) groups excluding carboxylic acids is 1. The highest BCUT2D eigenvalue weighted by atomic mass is 16.4.